The number of benzene rings is 7. The molecule has 4 nitrogen and oxygen atoms in total. The summed E-state index contributed by atoms with van der Waals surface area (Å²) in [5, 5.41) is 3.81. The van der Waals surface area contributed by atoms with Crippen LogP contribution in [0, 0.1) is 0 Å². The zero-order chi connectivity index (χ0) is 39.3. The quantitative estimate of drug-likeness (QED) is 0.153. The minimum atomic E-state index is 0.422. The van der Waals surface area contributed by atoms with Crippen molar-refractivity contribution in [3.8, 4) is 11.4 Å². The molecule has 0 aliphatic heterocycles. The highest BCUT2D eigenvalue weighted by Gasteiger charge is 2.25. The van der Waals surface area contributed by atoms with E-state index in [0.29, 0.717) is 5.92 Å². The average Bonchev–Trinajstić information content (AvgIpc) is 3.81. The van der Waals surface area contributed by atoms with Crippen molar-refractivity contribution in [2.24, 2.45) is 0 Å². The van der Waals surface area contributed by atoms with Crippen molar-refractivity contribution in [3.63, 3.8) is 0 Å². The van der Waals surface area contributed by atoms with Crippen molar-refractivity contribution in [1.82, 2.24) is 9.13 Å². The van der Waals surface area contributed by atoms with E-state index in [0.717, 1.165) is 47.7 Å². The second kappa shape index (κ2) is 14.6. The van der Waals surface area contributed by atoms with Gasteiger partial charge in [-0.05, 0) is 146 Å². The van der Waals surface area contributed by atoms with Crippen LogP contribution in [0.25, 0.3) is 50.2 Å². The first-order chi connectivity index (χ1) is 29.2. The lowest BCUT2D eigenvalue weighted by atomic mass is 9.90. The normalized spacial score (nSPS) is 14.8. The molecule has 0 saturated carbocycles. The largest absolute Gasteiger partial charge is 0.314 e. The molecule has 0 fully saturated rings. The third-order valence-electron chi connectivity index (χ3n) is 12.1. The van der Waals surface area contributed by atoms with Gasteiger partial charge in [-0.25, -0.2) is 0 Å². The highest BCUT2D eigenvalue weighted by atomic mass is 15.2. The van der Waals surface area contributed by atoms with Gasteiger partial charge in [0.1, 0.15) is 0 Å². The Bertz CT molecular complexity index is 3080. The van der Waals surface area contributed by atoms with E-state index < -0.39 is 0 Å². The molecule has 1 atom stereocenters. The van der Waals surface area contributed by atoms with Gasteiger partial charge in [-0.3, -0.25) is 0 Å². The summed E-state index contributed by atoms with van der Waals surface area (Å²) in [4.78, 5) is 4.85. The molecule has 7 aromatic carbocycles. The Morgan fingerprint density at radius 3 is 1.71 bits per heavy atom. The van der Waals surface area contributed by atoms with E-state index in [9.17, 15) is 0 Å². The molecule has 2 aromatic heterocycles. The van der Waals surface area contributed by atoms with Gasteiger partial charge in [0.2, 0.25) is 0 Å². The van der Waals surface area contributed by atoms with Crippen LogP contribution in [0.1, 0.15) is 43.4 Å². The van der Waals surface area contributed by atoms with Crippen LogP contribution in [0.2, 0.25) is 0 Å². The highest BCUT2D eigenvalue weighted by Crippen LogP contribution is 2.45. The van der Waals surface area contributed by atoms with Gasteiger partial charge in [-0.1, -0.05) is 97.9 Å². The van der Waals surface area contributed by atoms with Gasteiger partial charge >= 0.3 is 0 Å². The molecule has 0 saturated heterocycles. The molecule has 2 heterocycles. The van der Waals surface area contributed by atoms with Crippen molar-refractivity contribution in [1.29, 1.82) is 0 Å². The van der Waals surface area contributed by atoms with Crippen molar-refractivity contribution in [2.45, 2.75) is 32.1 Å². The number of anilines is 5. The summed E-state index contributed by atoms with van der Waals surface area (Å²) in [6.07, 6.45) is 14.4. The number of allylic oxidation sites excluding steroid dienone is 5. The average molecular weight is 761 g/mol. The Hall–Kier alpha value is -7.30. The molecule has 0 N–H and O–H groups in total. The molecular formula is C55H44N4. The van der Waals surface area contributed by atoms with Crippen LogP contribution in [0.5, 0.6) is 0 Å². The van der Waals surface area contributed by atoms with Gasteiger partial charge < -0.3 is 18.9 Å². The van der Waals surface area contributed by atoms with E-state index in [1.165, 1.54) is 61.0 Å². The summed E-state index contributed by atoms with van der Waals surface area (Å²) in [5.74, 6) is 0.422. The van der Waals surface area contributed by atoms with E-state index in [1.807, 2.05) is 0 Å². The Kier molecular flexibility index (Phi) is 8.62. The first-order valence-corrected chi connectivity index (χ1v) is 20.8. The first-order valence-electron chi connectivity index (χ1n) is 20.8. The summed E-state index contributed by atoms with van der Waals surface area (Å²) >= 11 is 0. The summed E-state index contributed by atoms with van der Waals surface area (Å²) in [6, 6.07) is 64.1. The van der Waals surface area contributed by atoms with Crippen LogP contribution < -0.4 is 9.80 Å². The second-order valence-electron chi connectivity index (χ2n) is 15.7. The molecular weight excluding hydrogens is 717 g/mol. The zero-order valence-electron chi connectivity index (χ0n) is 33.1. The van der Waals surface area contributed by atoms with E-state index in [2.05, 4.69) is 232 Å². The van der Waals surface area contributed by atoms with Crippen LogP contribution in [-0.2, 0) is 0 Å². The third-order valence-corrected chi connectivity index (χ3v) is 12.1. The minimum absolute atomic E-state index is 0.422. The van der Waals surface area contributed by atoms with Crippen molar-refractivity contribution < 1.29 is 0 Å². The van der Waals surface area contributed by atoms with Crippen LogP contribution >= 0.6 is 0 Å². The molecule has 1 unspecified atom stereocenters. The van der Waals surface area contributed by atoms with Gasteiger partial charge in [-0.15, -0.1) is 0 Å². The Labute approximate surface area is 345 Å². The summed E-state index contributed by atoms with van der Waals surface area (Å²) in [7, 11) is 0. The monoisotopic (exact) mass is 760 g/mol. The van der Waals surface area contributed by atoms with Gasteiger partial charge in [0.15, 0.2) is 0 Å². The predicted octanol–water partition coefficient (Wildman–Crippen LogP) is 15.1. The van der Waals surface area contributed by atoms with Crippen molar-refractivity contribution in [3.05, 3.63) is 217 Å². The van der Waals surface area contributed by atoms with E-state index in [4.69, 9.17) is 0 Å². The van der Waals surface area contributed by atoms with Gasteiger partial charge in [-0.2, -0.15) is 0 Å². The molecule has 0 radical (unpaired) electrons. The van der Waals surface area contributed by atoms with Crippen molar-refractivity contribution >= 4 is 67.2 Å². The molecule has 0 bridgehead atoms. The molecule has 59 heavy (non-hydrogen) atoms. The molecule has 4 heteroatoms. The van der Waals surface area contributed by atoms with Crippen molar-refractivity contribution in [2.75, 3.05) is 9.80 Å². The fourth-order valence-corrected chi connectivity index (χ4v) is 9.49. The first kappa shape index (κ1) is 34.9. The number of para-hydroxylation sites is 4. The number of fused-ring (bicyclic) bond motifs is 6. The zero-order valence-corrected chi connectivity index (χ0v) is 33.1. The number of nitrogens with zero attached hydrogens (tertiary/aromatic N) is 4. The number of hydrogen-bond donors (Lipinski definition) is 0. The smallest absolute Gasteiger partial charge is 0.0542 e. The molecule has 9 aromatic rings. The van der Waals surface area contributed by atoms with Gasteiger partial charge in [0.25, 0.3) is 0 Å². The molecule has 0 amide bonds. The molecule has 2 aliphatic carbocycles. The topological polar surface area (TPSA) is 16.3 Å². The van der Waals surface area contributed by atoms with Gasteiger partial charge in [0, 0.05) is 67.4 Å². The van der Waals surface area contributed by atoms with Crippen LogP contribution in [-0.4, -0.2) is 9.13 Å². The lowest BCUT2D eigenvalue weighted by molar-refractivity contribution is 0.773. The maximum Gasteiger partial charge on any atom is 0.0542 e. The predicted molar refractivity (Wildman–Crippen MR) is 249 cm³/mol. The minimum Gasteiger partial charge on any atom is -0.314 e. The maximum atomic E-state index is 2.45. The lowest BCUT2D eigenvalue weighted by Crippen LogP contribution is -2.17. The summed E-state index contributed by atoms with van der Waals surface area (Å²) in [5.41, 5.74) is 15.7. The Morgan fingerprint density at radius 2 is 1.02 bits per heavy atom. The second-order valence-corrected chi connectivity index (χ2v) is 15.7. The van der Waals surface area contributed by atoms with Crippen LogP contribution in [0.15, 0.2) is 206 Å². The number of hydrogen-bond acceptors (Lipinski definition) is 2. The van der Waals surface area contributed by atoms with Gasteiger partial charge in [0.05, 0.1) is 16.6 Å². The Morgan fingerprint density at radius 1 is 0.475 bits per heavy atom. The fraction of sp³-hybridized carbons (Fsp3) is 0.0909. The van der Waals surface area contributed by atoms with E-state index in [1.54, 1.807) is 0 Å². The molecule has 11 rings (SSSR count). The van der Waals surface area contributed by atoms with E-state index >= 15 is 0 Å². The molecule has 284 valence electrons. The SMILES string of the molecule is CC1CC=Cc2c1c1cc(N(c3ccccc3)c3ccc(N(C4=CC=CCC4)c4ccc5c(c4)c4ccccc4n5-c4ccccc4)cc3)ccc1n2-c1ccccc1. The number of rotatable bonds is 8. The maximum absolute atomic E-state index is 2.45. The summed E-state index contributed by atoms with van der Waals surface area (Å²) in [6.45, 7) is 2.36. The van der Waals surface area contributed by atoms with E-state index in [-0.39, 0.29) is 0 Å². The highest BCUT2D eigenvalue weighted by molar-refractivity contribution is 6.10. The molecule has 0 spiro atoms. The van der Waals surface area contributed by atoms with Crippen LogP contribution in [0.3, 0.4) is 0 Å². The number of aromatic nitrogens is 2. The van der Waals surface area contributed by atoms with Crippen LogP contribution in [0.4, 0.5) is 28.4 Å². The Balaban J connectivity index is 1.03. The molecule has 2 aliphatic rings. The third kappa shape index (κ3) is 5.99. The fourth-order valence-electron chi connectivity index (χ4n) is 9.49. The summed E-state index contributed by atoms with van der Waals surface area (Å²) < 4.78 is 4.82. The standard InChI is InChI=1S/C55H44N4/c1-39-17-16-28-54-55(39)50-38-47(34-36-53(50)59(54)43-24-12-5-13-25-43)57(41-20-8-3-9-21-41)45-31-29-44(30-32-45)56(40-18-6-2-7-19-40)46-33-35-52-49(37-46)48-26-14-15-27-51(48)58(52)42-22-10-4-11-23-42/h2-6,8-16,18,20-39H,7,17,19H2,1H3. The lowest BCUT2D eigenvalue weighted by Gasteiger charge is -2.30.